The van der Waals surface area contributed by atoms with Crippen LogP contribution in [0.1, 0.15) is 16.7 Å². The molecule has 2 aliphatic rings. The molecule has 1 saturated heterocycles. The van der Waals surface area contributed by atoms with Crippen molar-refractivity contribution in [2.24, 2.45) is 0 Å². The number of carbonyl (C=O) groups excluding carboxylic acids is 2. The van der Waals surface area contributed by atoms with Gasteiger partial charge in [-0.15, -0.1) is 0 Å². The first-order valence-corrected chi connectivity index (χ1v) is 11.7. The van der Waals surface area contributed by atoms with E-state index in [0.717, 1.165) is 28.2 Å². The Kier molecular flexibility index (Phi) is 4.46. The molecule has 6 nitrogen and oxygen atoms in total. The Balaban J connectivity index is 1.72. The van der Waals surface area contributed by atoms with Gasteiger partial charge in [0.1, 0.15) is 11.6 Å². The van der Waals surface area contributed by atoms with Crippen LogP contribution in [-0.2, 0) is 30.8 Å². The minimum atomic E-state index is -4.25. The van der Waals surface area contributed by atoms with Crippen molar-refractivity contribution in [2.45, 2.75) is 18.3 Å². The molecule has 2 heterocycles. The topological polar surface area (TPSA) is 74.8 Å². The molecule has 5 rings (SSSR count). The SMILES string of the molecule is Cc1ccc(CN2C(=O)C3(c4ccccc42)N(c2ccc(F)cc2)C(=O)CS3(=O)=O)cc1. The minimum Gasteiger partial charge on any atom is -0.304 e. The summed E-state index contributed by atoms with van der Waals surface area (Å²) in [6.07, 6.45) is 0. The fraction of sp³-hybridized carbons (Fsp3) is 0.167. The fourth-order valence-electron chi connectivity index (χ4n) is 4.51. The largest absolute Gasteiger partial charge is 0.304 e. The Bertz CT molecular complexity index is 1350. The van der Waals surface area contributed by atoms with Gasteiger partial charge in [-0.1, -0.05) is 48.0 Å². The summed E-state index contributed by atoms with van der Waals surface area (Å²) in [5.41, 5.74) is 2.70. The highest BCUT2D eigenvalue weighted by Gasteiger charge is 2.69. The summed E-state index contributed by atoms with van der Waals surface area (Å²) in [5.74, 6) is -2.77. The molecule has 0 aliphatic carbocycles. The molecule has 2 amide bonds. The van der Waals surface area contributed by atoms with Crippen LogP contribution in [0.25, 0.3) is 0 Å². The van der Waals surface area contributed by atoms with Crippen LogP contribution in [0.15, 0.2) is 72.8 Å². The summed E-state index contributed by atoms with van der Waals surface area (Å²) in [6.45, 7) is 2.10. The molecule has 162 valence electrons. The number of hydrogen-bond acceptors (Lipinski definition) is 4. The van der Waals surface area contributed by atoms with E-state index in [0.29, 0.717) is 5.69 Å². The fourth-order valence-corrected chi connectivity index (χ4v) is 6.55. The van der Waals surface area contributed by atoms with Gasteiger partial charge in [-0.05, 0) is 42.8 Å². The van der Waals surface area contributed by atoms with Crippen LogP contribution in [0.2, 0.25) is 0 Å². The maximum absolute atomic E-state index is 13.9. The van der Waals surface area contributed by atoms with Gasteiger partial charge in [-0.25, -0.2) is 12.8 Å². The highest BCUT2D eigenvalue weighted by molar-refractivity contribution is 7.94. The smallest absolute Gasteiger partial charge is 0.274 e. The maximum atomic E-state index is 13.9. The van der Waals surface area contributed by atoms with Crippen LogP contribution in [-0.4, -0.2) is 26.0 Å². The van der Waals surface area contributed by atoms with Gasteiger partial charge in [0.05, 0.1) is 12.2 Å². The van der Waals surface area contributed by atoms with Gasteiger partial charge in [0, 0.05) is 11.3 Å². The van der Waals surface area contributed by atoms with Crippen molar-refractivity contribution in [1.29, 1.82) is 0 Å². The molecule has 1 spiro atoms. The second-order valence-corrected chi connectivity index (χ2v) is 10.1. The van der Waals surface area contributed by atoms with Crippen LogP contribution in [0.5, 0.6) is 0 Å². The molecule has 3 aromatic carbocycles. The van der Waals surface area contributed by atoms with Crippen LogP contribution >= 0.6 is 0 Å². The van der Waals surface area contributed by atoms with Gasteiger partial charge in [-0.3, -0.25) is 14.5 Å². The number of aryl methyl sites for hydroxylation is 1. The van der Waals surface area contributed by atoms with Gasteiger partial charge >= 0.3 is 0 Å². The van der Waals surface area contributed by atoms with Crippen molar-refractivity contribution in [1.82, 2.24) is 0 Å². The maximum Gasteiger partial charge on any atom is 0.274 e. The second-order valence-electron chi connectivity index (χ2n) is 8.00. The molecule has 0 N–H and O–H groups in total. The van der Waals surface area contributed by atoms with Crippen LogP contribution in [0.3, 0.4) is 0 Å². The molecule has 1 atom stereocenters. The molecule has 1 fully saturated rings. The van der Waals surface area contributed by atoms with Crippen LogP contribution in [0.4, 0.5) is 15.8 Å². The molecule has 1 unspecified atom stereocenters. The molecular formula is C24H19FN2O4S. The lowest BCUT2D eigenvalue weighted by Gasteiger charge is -2.32. The monoisotopic (exact) mass is 450 g/mol. The van der Waals surface area contributed by atoms with E-state index in [1.165, 1.54) is 17.0 Å². The van der Waals surface area contributed by atoms with Gasteiger partial charge in [0.2, 0.25) is 5.91 Å². The molecule has 2 aliphatic heterocycles. The zero-order valence-corrected chi connectivity index (χ0v) is 18.0. The second kappa shape index (κ2) is 7.00. The Labute approximate surface area is 184 Å². The molecule has 8 heteroatoms. The van der Waals surface area contributed by atoms with Crippen LogP contribution in [0, 0.1) is 12.7 Å². The molecular weight excluding hydrogens is 431 g/mol. The van der Waals surface area contributed by atoms with E-state index in [9.17, 15) is 22.4 Å². The Morgan fingerprint density at radius 1 is 0.938 bits per heavy atom. The van der Waals surface area contributed by atoms with Crippen molar-refractivity contribution >= 4 is 33.0 Å². The molecule has 0 saturated carbocycles. The van der Waals surface area contributed by atoms with E-state index in [-0.39, 0.29) is 17.8 Å². The van der Waals surface area contributed by atoms with Crippen molar-refractivity contribution in [3.8, 4) is 0 Å². The quantitative estimate of drug-likeness (QED) is 0.614. The van der Waals surface area contributed by atoms with E-state index in [4.69, 9.17) is 0 Å². The Hall–Kier alpha value is -3.52. The first kappa shape index (κ1) is 20.4. The van der Waals surface area contributed by atoms with Crippen molar-refractivity contribution in [3.63, 3.8) is 0 Å². The number of carbonyl (C=O) groups is 2. The van der Waals surface area contributed by atoms with Crippen molar-refractivity contribution < 1.29 is 22.4 Å². The highest BCUT2D eigenvalue weighted by Crippen LogP contribution is 2.52. The minimum absolute atomic E-state index is 0.151. The molecule has 3 aromatic rings. The number of fused-ring (bicyclic) bond motifs is 2. The third kappa shape index (κ3) is 2.72. The average Bonchev–Trinajstić information content (AvgIpc) is 3.13. The predicted molar refractivity (Wildman–Crippen MR) is 118 cm³/mol. The Morgan fingerprint density at radius 3 is 2.28 bits per heavy atom. The standard InChI is InChI=1S/C24H19FN2O4S/c1-16-6-8-17(9-7-16)14-26-21-5-3-2-4-20(21)24(23(26)29)27(22(28)15-32(24,30)31)19-12-10-18(25)11-13-19/h2-13H,14-15H2,1H3. The number of amides is 2. The van der Waals surface area contributed by atoms with Gasteiger partial charge in [-0.2, -0.15) is 0 Å². The molecule has 0 aromatic heterocycles. The van der Waals surface area contributed by atoms with Gasteiger partial charge < -0.3 is 4.90 Å². The first-order valence-electron chi connectivity index (χ1n) is 10.0. The number of hydrogen-bond donors (Lipinski definition) is 0. The summed E-state index contributed by atoms with van der Waals surface area (Å²) in [5, 5.41) is 0. The summed E-state index contributed by atoms with van der Waals surface area (Å²) in [6, 6.07) is 19.1. The zero-order valence-electron chi connectivity index (χ0n) is 17.2. The number of rotatable bonds is 3. The summed E-state index contributed by atoms with van der Waals surface area (Å²) in [7, 11) is -4.25. The lowest BCUT2D eigenvalue weighted by molar-refractivity contribution is -0.123. The normalized spacial score (nSPS) is 21.4. The van der Waals surface area contributed by atoms with E-state index >= 15 is 0 Å². The Morgan fingerprint density at radius 2 is 1.59 bits per heavy atom. The van der Waals surface area contributed by atoms with E-state index < -0.39 is 38.1 Å². The number of benzene rings is 3. The lowest BCUT2D eigenvalue weighted by atomic mass is 10.0. The highest BCUT2D eigenvalue weighted by atomic mass is 32.2. The number of nitrogens with zero attached hydrogens (tertiary/aromatic N) is 2. The summed E-state index contributed by atoms with van der Waals surface area (Å²) in [4.78, 5) is 27.1. The van der Waals surface area contributed by atoms with E-state index in [2.05, 4.69) is 0 Å². The number of para-hydroxylation sites is 1. The summed E-state index contributed by atoms with van der Waals surface area (Å²) < 4.78 is 40.5. The third-order valence-corrected chi connectivity index (χ3v) is 8.07. The predicted octanol–water partition coefficient (Wildman–Crippen LogP) is 3.30. The summed E-state index contributed by atoms with van der Waals surface area (Å²) >= 11 is 0. The van der Waals surface area contributed by atoms with E-state index in [1.807, 2.05) is 31.2 Å². The third-order valence-electron chi connectivity index (χ3n) is 5.97. The zero-order chi connectivity index (χ0) is 22.7. The number of sulfone groups is 1. The van der Waals surface area contributed by atoms with Crippen molar-refractivity contribution in [2.75, 3.05) is 15.6 Å². The van der Waals surface area contributed by atoms with Gasteiger partial charge in [0.15, 0.2) is 9.84 Å². The average molecular weight is 450 g/mol. The van der Waals surface area contributed by atoms with E-state index in [1.54, 1.807) is 24.3 Å². The molecule has 0 bridgehead atoms. The van der Waals surface area contributed by atoms with Gasteiger partial charge in [0.25, 0.3) is 10.8 Å². The number of halogens is 1. The molecule has 32 heavy (non-hydrogen) atoms. The molecule has 0 radical (unpaired) electrons. The number of anilines is 2. The lowest BCUT2D eigenvalue weighted by Crippen LogP contribution is -2.54. The van der Waals surface area contributed by atoms with Crippen LogP contribution < -0.4 is 9.80 Å². The first-order chi connectivity index (χ1) is 15.3. The van der Waals surface area contributed by atoms with Crippen molar-refractivity contribution in [3.05, 3.63) is 95.3 Å².